The Balaban J connectivity index is -0.0000000848. The first kappa shape index (κ1) is 185. The molecule has 0 rings (SSSR count). The molecule has 0 saturated carbocycles. The average Bonchev–Trinajstić information content (AvgIpc) is 0.722. The second-order valence-electron chi connectivity index (χ2n) is 40.8. The van der Waals surface area contributed by atoms with Gasteiger partial charge in [-0.2, -0.15) is 0 Å². The van der Waals surface area contributed by atoms with Gasteiger partial charge in [0.05, 0.1) is 177 Å². The van der Waals surface area contributed by atoms with Crippen molar-refractivity contribution in [1.29, 1.82) is 0 Å². The molecule has 0 saturated heterocycles. The van der Waals surface area contributed by atoms with Crippen LogP contribution in [-0.4, -0.2) is 319 Å². The molecule has 0 aliphatic heterocycles. The number of rotatable bonds is 34. The number of hydrogen-bond donors (Lipinski definition) is 1. The molecule has 79 heteroatoms. The van der Waals surface area contributed by atoms with Crippen molar-refractivity contribution in [1.82, 2.24) is 6.15 Å². The van der Waals surface area contributed by atoms with Crippen molar-refractivity contribution in [3.63, 3.8) is 0 Å². The third-order valence-electron chi connectivity index (χ3n) is 21.6. The van der Waals surface area contributed by atoms with Gasteiger partial charge in [0.2, 0.25) is 0 Å². The summed E-state index contributed by atoms with van der Waals surface area (Å²) in [6, 6.07) is 0. The zero-order chi connectivity index (χ0) is 114. The molecular weight excluding hydrogens is 2770 g/mol. The minimum absolute atomic E-state index is 0. The Morgan fingerprint density at radius 2 is 0.217 bits per heavy atom. The molecule has 0 spiro atoms. The van der Waals surface area contributed by atoms with Gasteiger partial charge in [-0.05, 0) is 282 Å². The van der Waals surface area contributed by atoms with Gasteiger partial charge < -0.3 is 88.1 Å². The van der Waals surface area contributed by atoms with Crippen molar-refractivity contribution in [3.8, 4) is 0 Å². The molecule has 0 aromatic carbocycles. The van der Waals surface area contributed by atoms with Crippen molar-refractivity contribution in [2.24, 2.45) is 17.8 Å². The molecule has 0 heterocycles. The monoisotopic (exact) mass is 2900 g/mol. The third kappa shape index (κ3) is 50.4. The Morgan fingerprint density at radius 3 is 0.245 bits per heavy atom. The fourth-order valence-electron chi connectivity index (χ4n) is 13.6. The van der Waals surface area contributed by atoms with Crippen LogP contribution in [0, 0.1) is 106 Å². The molecule has 0 aliphatic rings. The zero-order valence-electron chi connectivity index (χ0n) is 83.0. The molecule has 2 radical (unpaired) electrons. The Bertz CT molecular complexity index is 5300. The smallest absolute Gasteiger partial charge is 0.748 e. The van der Waals surface area contributed by atoms with E-state index in [0.29, 0.717) is 0 Å². The molecule has 0 atom stereocenters. The molecule has 0 fully saturated rings. The maximum Gasteiger partial charge on any atom is 3.00 e. The van der Waals surface area contributed by atoms with Gasteiger partial charge in [0, 0.05) is 17.8 Å². The molecule has 884 valence electrons. The maximum absolute atomic E-state index is 11.5. The second-order valence-corrected chi connectivity index (χ2v) is 76.7. The van der Waals surface area contributed by atoms with Crippen molar-refractivity contribution in [3.05, 3.63) is 0 Å². The van der Waals surface area contributed by atoms with E-state index in [-0.39, 0.29) is 176 Å². The summed E-state index contributed by atoms with van der Waals surface area (Å²) >= 11 is 0. The van der Waals surface area contributed by atoms with Crippen LogP contribution in [0.25, 0.3) is 0 Å². The van der Waals surface area contributed by atoms with E-state index in [1.807, 2.05) is 0 Å². The summed E-state index contributed by atoms with van der Waals surface area (Å²) in [5.74, 6) is -6.29. The van der Waals surface area contributed by atoms with Crippen LogP contribution in [0.4, 0.5) is 0 Å². The van der Waals surface area contributed by atoms with Gasteiger partial charge in [0.1, 0.15) is 91.1 Å². The van der Waals surface area contributed by atoms with Gasteiger partial charge in [-0.25, -0.2) is 152 Å². The standard InChI is InChI=1S/3C10H22O9S3.4C7H16O6S2.C4H10O3S.2CH4.Co.Cu.Eu.Fe.H3N.Ni.Tb/c3*1-8(2,20(11,12)13)7(9(3,4)21(14,15)16)10(5,6)22(17,18)19;4*1-6(2,14(8,9)10)5-7(3,4)15(11,12)13;1-4(2,3)8(5,6)7;;;;;;;;;/h3*7H,1-6H3,(H,11,12,13)(H,14,15,16)(H,17,18,19);4*5H2,1-4H3,(H,8,9,10)(H,11,12,13);1-3H3,(H,5,6,7);2*1H4;;;;;1H3;;/q;;;;;;;;;;2*+2;+3;+2;;+2;+3/p-17. The van der Waals surface area contributed by atoms with Gasteiger partial charge in [-0.1, -0.05) is 14.9 Å². The van der Waals surface area contributed by atoms with Crippen LogP contribution >= 0.6 is 0 Å². The molecular formula is C64H134CoCuEuFeNNiO54S18Tb-3. The van der Waals surface area contributed by atoms with E-state index in [9.17, 15) is 233 Å². The fourth-order valence-corrected chi connectivity index (χ4v) is 26.9. The van der Waals surface area contributed by atoms with Crippen LogP contribution in [0.5, 0.6) is 0 Å². The molecule has 143 heavy (non-hydrogen) atoms. The second kappa shape index (κ2) is 56.0. The summed E-state index contributed by atoms with van der Waals surface area (Å²) in [4.78, 5) is 0. The normalized spacial score (nSPS) is 14.6. The minimum Gasteiger partial charge on any atom is -0.748 e. The molecule has 0 amide bonds. The molecule has 55 nitrogen and oxygen atoms in total. The van der Waals surface area contributed by atoms with Crippen LogP contribution in [-0.2, 0) is 250 Å². The Kier molecular flexibility index (Phi) is 72.4. The van der Waals surface area contributed by atoms with Gasteiger partial charge in [0.25, 0.3) is 0 Å². The van der Waals surface area contributed by atoms with Gasteiger partial charge in [-0.3, -0.25) is 0 Å². The van der Waals surface area contributed by atoms with Gasteiger partial charge in [-0.15, -0.1) is 0 Å². The topological polar surface area (TPSA) is 1070 Å². The van der Waals surface area contributed by atoms with Crippen LogP contribution in [0.3, 0.4) is 0 Å². The zero-order valence-corrected chi connectivity index (χ0v) is 106. The van der Waals surface area contributed by atoms with Crippen LogP contribution in [0.1, 0.15) is 297 Å². The van der Waals surface area contributed by atoms with Crippen LogP contribution < -0.4 is 6.15 Å². The summed E-state index contributed by atoms with van der Waals surface area (Å²) in [5.41, 5.74) is 0. The first-order valence-electron chi connectivity index (χ1n) is 36.6. The quantitative estimate of drug-likeness (QED) is 0.0687. The molecule has 4 N–H and O–H groups in total. The summed E-state index contributed by atoms with van der Waals surface area (Å²) in [6.45, 7) is 36.0. The predicted octanol–water partition coefficient (Wildman–Crippen LogP) is 0.787. The predicted molar refractivity (Wildman–Crippen MR) is 482 cm³/mol. The molecule has 0 aromatic rings. The molecule has 0 bridgehead atoms. The van der Waals surface area contributed by atoms with Crippen molar-refractivity contribution in [2.45, 2.75) is 382 Å². The summed E-state index contributed by atoms with van der Waals surface area (Å²) in [5, 5.41) is 0. The van der Waals surface area contributed by atoms with Crippen LogP contribution in [0.2, 0.25) is 0 Å². The largest absolute Gasteiger partial charge is 3.00 e. The average molecular weight is 2910 g/mol. The molecule has 0 aliphatic carbocycles. The SMILES string of the molecule is C.C.CC(C)(C(C(C)(C)S(=O)(=O)[O-])C(C)(C)S(=O)(=O)[O-])S(=O)(=O)[O-].CC(C)(C(C(C)(C)S(=O)(=O)[O-])C(C)(C)S(=O)(=O)[O-])S(=O)(=O)[O-].CC(C)(C(C(C)(C)S(=O)(=O)[O-])C(C)(C)S(=O)(=O)[O-])S(=O)(=O)[O-].CC(C)(C)S(=O)(=O)[O-].CC(C)(CC(C)(C)S(=O)(=O)[O-])S(=O)(=O)[O-].CC(C)(CC(C)(C)S(=O)(=O)[O-])S(=O)(=O)[O-].CC(C)(CC(C)(C)S(=O)(=O)[O-])S(=O)(=O)[O-].CC(C)(CC(C)(C)S(=O)(=O)[O-])S(=O)(=O)[O-].[Co+2].[Cu+2].[Eu+3].[Fe+2].[NH4+].[Ni+2].[Tb+3]. The van der Waals surface area contributed by atoms with E-state index in [1.54, 1.807) is 0 Å². The van der Waals surface area contributed by atoms with E-state index in [4.69, 9.17) is 0 Å². The van der Waals surface area contributed by atoms with E-state index in [1.165, 1.54) is 20.8 Å². The minimum atomic E-state index is -5.25. The van der Waals surface area contributed by atoms with Gasteiger partial charge in [0.15, 0.2) is 0 Å². The first-order valence-corrected chi connectivity index (χ1v) is 61.9. The van der Waals surface area contributed by atoms with Crippen molar-refractivity contribution >= 4 is 182 Å². The number of quaternary nitrogens is 1. The first-order chi connectivity index (χ1) is 55.4. The van der Waals surface area contributed by atoms with E-state index < -0.39 is 311 Å². The van der Waals surface area contributed by atoms with E-state index >= 15 is 0 Å². The Morgan fingerprint density at radius 1 is 0.168 bits per heavy atom. The van der Waals surface area contributed by atoms with Crippen LogP contribution in [0.15, 0.2) is 0 Å². The Labute approximate surface area is 964 Å². The number of hydrogen-bond acceptors (Lipinski definition) is 54. The summed E-state index contributed by atoms with van der Waals surface area (Å²) in [7, 11) is -88.5. The maximum atomic E-state index is 11.5. The Hall–Kier alpha value is 3.25. The molecule has 0 unspecified atom stereocenters. The van der Waals surface area contributed by atoms with Gasteiger partial charge >= 0.3 is 155 Å². The van der Waals surface area contributed by atoms with Crippen molar-refractivity contribution in [2.75, 3.05) is 0 Å². The summed E-state index contributed by atoms with van der Waals surface area (Å²) < 4.78 is 562. The van der Waals surface area contributed by atoms with E-state index in [2.05, 4.69) is 0 Å². The van der Waals surface area contributed by atoms with E-state index in [0.717, 1.165) is 235 Å². The fraction of sp³-hybridized carbons (Fsp3) is 1.00. The third-order valence-corrected chi connectivity index (χ3v) is 48.8. The molecule has 0 aromatic heterocycles. The summed E-state index contributed by atoms with van der Waals surface area (Å²) in [6.07, 6.45) is -2.12. The van der Waals surface area contributed by atoms with Crippen molar-refractivity contribution < 1.29 is 389 Å².